The molecule has 2 aromatic heterocycles. The highest BCUT2D eigenvalue weighted by Crippen LogP contribution is 2.34. The summed E-state index contributed by atoms with van der Waals surface area (Å²) in [6.45, 7) is 5.06. The Balaban J connectivity index is 1.44. The largest absolute Gasteiger partial charge is 0.463 e. The minimum Gasteiger partial charge on any atom is -0.463 e. The van der Waals surface area contributed by atoms with E-state index >= 15 is 0 Å². The molecule has 0 unspecified atom stereocenters. The van der Waals surface area contributed by atoms with Crippen LogP contribution in [0, 0.1) is 5.92 Å². The van der Waals surface area contributed by atoms with Crippen LogP contribution in [-0.2, 0) is 17.8 Å². The van der Waals surface area contributed by atoms with Gasteiger partial charge in [0.15, 0.2) is 0 Å². The molecule has 5 rings (SSSR count). The van der Waals surface area contributed by atoms with Crippen molar-refractivity contribution in [2.24, 2.45) is 5.92 Å². The Labute approximate surface area is 207 Å². The van der Waals surface area contributed by atoms with Crippen molar-refractivity contribution in [2.45, 2.75) is 70.5 Å². The number of fused-ring (bicyclic) bond motifs is 1. The number of hydrogen-bond acceptors (Lipinski definition) is 3. The zero-order valence-corrected chi connectivity index (χ0v) is 20.7. The van der Waals surface area contributed by atoms with Gasteiger partial charge in [-0.25, -0.2) is 0 Å². The molecule has 1 N–H and O–H groups in total. The Bertz CT molecular complexity index is 1170. The molecular weight excluding hydrogens is 438 g/mol. The van der Waals surface area contributed by atoms with Gasteiger partial charge >= 0.3 is 0 Å². The van der Waals surface area contributed by atoms with Crippen molar-refractivity contribution in [2.75, 3.05) is 6.54 Å². The number of carbonyl (C=O) groups is 2. The molecule has 1 fully saturated rings. The van der Waals surface area contributed by atoms with Gasteiger partial charge in [0, 0.05) is 12.6 Å². The van der Waals surface area contributed by atoms with Crippen molar-refractivity contribution in [1.29, 1.82) is 0 Å². The van der Waals surface area contributed by atoms with Crippen LogP contribution >= 0.6 is 0 Å². The van der Waals surface area contributed by atoms with Gasteiger partial charge in [0.2, 0.25) is 5.91 Å². The number of aromatic nitrogens is 1. The lowest BCUT2D eigenvalue weighted by molar-refractivity contribution is -0.134. The highest BCUT2D eigenvalue weighted by atomic mass is 16.3. The second-order valence-corrected chi connectivity index (χ2v) is 10.3. The average molecular weight is 474 g/mol. The zero-order chi connectivity index (χ0) is 24.4. The van der Waals surface area contributed by atoms with Crippen LogP contribution in [0.15, 0.2) is 65.3 Å². The van der Waals surface area contributed by atoms with Crippen LogP contribution in [-0.4, -0.2) is 39.4 Å². The van der Waals surface area contributed by atoms with Crippen LogP contribution in [0.3, 0.4) is 0 Å². The topological polar surface area (TPSA) is 67.5 Å². The molecule has 35 heavy (non-hydrogen) atoms. The molecule has 1 saturated carbocycles. The molecule has 0 saturated heterocycles. The van der Waals surface area contributed by atoms with Gasteiger partial charge in [-0.05, 0) is 68.4 Å². The van der Waals surface area contributed by atoms with Gasteiger partial charge in [-0.3, -0.25) is 9.59 Å². The van der Waals surface area contributed by atoms with Crippen LogP contribution in [0.1, 0.15) is 62.0 Å². The fourth-order valence-electron chi connectivity index (χ4n) is 5.70. The fraction of sp³-hybridized carbons (Fsp3) is 0.448. The van der Waals surface area contributed by atoms with Crippen LogP contribution in [0.4, 0.5) is 0 Å². The lowest BCUT2D eigenvalue weighted by atomic mass is 9.85. The van der Waals surface area contributed by atoms with Crippen molar-refractivity contribution in [3.05, 3.63) is 72.1 Å². The average Bonchev–Trinajstić information content (AvgIpc) is 3.53. The number of amides is 2. The molecule has 0 bridgehead atoms. The Morgan fingerprint density at radius 2 is 1.83 bits per heavy atom. The summed E-state index contributed by atoms with van der Waals surface area (Å²) in [6, 6.07) is 17.9. The molecule has 0 radical (unpaired) electrons. The number of benzene rings is 1. The first-order chi connectivity index (χ1) is 17.0. The number of nitrogens with zero attached hydrogens (tertiary/aromatic N) is 2. The van der Waals surface area contributed by atoms with Gasteiger partial charge in [-0.15, -0.1) is 0 Å². The third-order valence-corrected chi connectivity index (χ3v) is 7.89. The van der Waals surface area contributed by atoms with Crippen molar-refractivity contribution >= 4 is 11.8 Å². The van der Waals surface area contributed by atoms with E-state index in [1.807, 2.05) is 54.0 Å². The van der Waals surface area contributed by atoms with Gasteiger partial charge < -0.3 is 19.2 Å². The van der Waals surface area contributed by atoms with Crippen molar-refractivity contribution in [1.82, 2.24) is 14.8 Å². The van der Waals surface area contributed by atoms with E-state index in [0.29, 0.717) is 30.5 Å². The minimum atomic E-state index is -0.988. The Hall–Kier alpha value is -3.28. The van der Waals surface area contributed by atoms with E-state index < -0.39 is 5.54 Å². The molecule has 184 valence electrons. The molecule has 1 aliphatic carbocycles. The Kier molecular flexibility index (Phi) is 6.54. The normalized spacial score (nSPS) is 24.3. The van der Waals surface area contributed by atoms with E-state index in [9.17, 15) is 9.59 Å². The van der Waals surface area contributed by atoms with E-state index in [1.54, 1.807) is 11.2 Å². The van der Waals surface area contributed by atoms with Crippen molar-refractivity contribution in [3.8, 4) is 11.5 Å². The summed E-state index contributed by atoms with van der Waals surface area (Å²) in [6.07, 6.45) is 7.77. The van der Waals surface area contributed by atoms with Crippen LogP contribution in [0.25, 0.3) is 11.5 Å². The van der Waals surface area contributed by atoms with Gasteiger partial charge in [0.25, 0.3) is 5.91 Å². The standard InChI is InChI=1S/C29H35N3O3/c1-21-10-6-7-14-23(21)30-28(34)29(2)20-31-24(26-15-9-19-35-26)16-17-25(31)27(33)32(29)18-8-13-22-11-4-3-5-12-22/h3-5,9,11-12,15-17,19,21,23H,6-8,10,13-14,18,20H2,1-2H3,(H,30,34)/t21-,23+,29-/m1/s1. The van der Waals surface area contributed by atoms with Gasteiger partial charge in [0.05, 0.1) is 18.5 Å². The van der Waals surface area contributed by atoms with Crippen molar-refractivity contribution in [3.63, 3.8) is 0 Å². The van der Waals surface area contributed by atoms with Crippen LogP contribution < -0.4 is 5.32 Å². The monoisotopic (exact) mass is 473 g/mol. The van der Waals surface area contributed by atoms with E-state index in [2.05, 4.69) is 24.4 Å². The summed E-state index contributed by atoms with van der Waals surface area (Å²) < 4.78 is 7.59. The van der Waals surface area contributed by atoms with Gasteiger partial charge in [-0.1, -0.05) is 50.1 Å². The maximum absolute atomic E-state index is 13.9. The van der Waals surface area contributed by atoms with Crippen LogP contribution in [0.2, 0.25) is 0 Å². The first kappa shape index (κ1) is 23.5. The first-order valence-electron chi connectivity index (χ1n) is 12.9. The highest BCUT2D eigenvalue weighted by molar-refractivity contribution is 6.00. The van der Waals surface area contributed by atoms with E-state index in [1.165, 1.54) is 12.0 Å². The molecule has 2 amide bonds. The maximum atomic E-state index is 13.9. The van der Waals surface area contributed by atoms with E-state index in [4.69, 9.17) is 4.42 Å². The molecular formula is C29H35N3O3. The maximum Gasteiger partial charge on any atom is 0.271 e. The SMILES string of the molecule is C[C@@H]1CCCC[C@@H]1NC(=O)[C@@]1(C)Cn2c(ccc2-c2ccco2)C(=O)N1CCCc1ccccc1. The predicted octanol–water partition coefficient (Wildman–Crippen LogP) is 5.29. The number of furan rings is 1. The number of aryl methyl sites for hydroxylation is 1. The second kappa shape index (κ2) is 9.76. The summed E-state index contributed by atoms with van der Waals surface area (Å²) in [7, 11) is 0. The number of hydrogen-bond donors (Lipinski definition) is 1. The van der Waals surface area contributed by atoms with E-state index in [-0.39, 0.29) is 17.9 Å². The second-order valence-electron chi connectivity index (χ2n) is 10.3. The summed E-state index contributed by atoms with van der Waals surface area (Å²) in [4.78, 5) is 29.5. The minimum absolute atomic E-state index is 0.0611. The van der Waals surface area contributed by atoms with Gasteiger partial charge in [-0.2, -0.15) is 0 Å². The van der Waals surface area contributed by atoms with Gasteiger partial charge in [0.1, 0.15) is 17.0 Å². The summed E-state index contributed by atoms with van der Waals surface area (Å²) in [5, 5.41) is 3.35. The zero-order valence-electron chi connectivity index (χ0n) is 20.7. The number of rotatable bonds is 7. The molecule has 3 atom stereocenters. The fourth-order valence-corrected chi connectivity index (χ4v) is 5.70. The predicted molar refractivity (Wildman–Crippen MR) is 136 cm³/mol. The number of nitrogens with one attached hydrogen (secondary N) is 1. The highest BCUT2D eigenvalue weighted by Gasteiger charge is 2.48. The molecule has 2 aliphatic rings. The van der Waals surface area contributed by atoms with E-state index in [0.717, 1.165) is 37.8 Å². The van der Waals surface area contributed by atoms with Crippen molar-refractivity contribution < 1.29 is 14.0 Å². The Morgan fingerprint density at radius 1 is 1.06 bits per heavy atom. The smallest absolute Gasteiger partial charge is 0.271 e. The third-order valence-electron chi connectivity index (χ3n) is 7.89. The summed E-state index contributed by atoms with van der Waals surface area (Å²) in [5.74, 6) is 0.985. The summed E-state index contributed by atoms with van der Waals surface area (Å²) in [5.41, 5.74) is 1.68. The molecule has 1 aromatic carbocycles. The molecule has 0 spiro atoms. The Morgan fingerprint density at radius 3 is 2.57 bits per heavy atom. The molecule has 3 heterocycles. The quantitative estimate of drug-likeness (QED) is 0.507. The molecule has 1 aliphatic heterocycles. The lowest BCUT2D eigenvalue weighted by Gasteiger charge is -2.45. The molecule has 3 aromatic rings. The number of carbonyl (C=O) groups excluding carboxylic acids is 2. The molecule has 6 nitrogen and oxygen atoms in total. The first-order valence-corrected chi connectivity index (χ1v) is 12.9. The third kappa shape index (κ3) is 4.54. The lowest BCUT2D eigenvalue weighted by Crippen LogP contribution is -2.65. The van der Waals surface area contributed by atoms with Crippen LogP contribution in [0.5, 0.6) is 0 Å². The molecule has 6 heteroatoms. The summed E-state index contributed by atoms with van der Waals surface area (Å²) >= 11 is 0.